The summed E-state index contributed by atoms with van der Waals surface area (Å²) in [6.07, 6.45) is 19.9. The predicted molar refractivity (Wildman–Crippen MR) is 143 cm³/mol. The number of carbonyl (C=O) groups excluding carboxylic acids is 1. The average Bonchev–Trinajstić information content (AvgIpc) is 2.86. The Balaban J connectivity index is 0.000000682. The maximum absolute atomic E-state index is 11.6. The zero-order valence-corrected chi connectivity index (χ0v) is 25.6. The molecule has 0 amide bonds. The second-order valence-corrected chi connectivity index (χ2v) is 10.9. The second-order valence-electron chi connectivity index (χ2n) is 9.17. The fourth-order valence-corrected chi connectivity index (χ4v) is 5.02. The van der Waals surface area contributed by atoms with Crippen LogP contribution in [0.4, 0.5) is 0 Å². The van der Waals surface area contributed by atoms with Crippen LogP contribution < -0.4 is 34.7 Å². The van der Waals surface area contributed by atoms with Gasteiger partial charge in [0.1, 0.15) is 4.90 Å². The van der Waals surface area contributed by atoms with Crippen molar-refractivity contribution >= 4 is 26.9 Å². The van der Waals surface area contributed by atoms with Gasteiger partial charge in [0, 0.05) is 11.4 Å². The molecule has 0 aliphatic carbocycles. The zero-order valence-electron chi connectivity index (χ0n) is 22.8. The summed E-state index contributed by atoms with van der Waals surface area (Å²) in [5.74, 6) is -0.903. The Kier molecular flexibility index (Phi) is 21.5. The summed E-state index contributed by atoms with van der Waals surface area (Å²) in [5, 5.41) is 11.8. The monoisotopic (exact) mass is 528 g/mol. The van der Waals surface area contributed by atoms with Crippen molar-refractivity contribution in [1.29, 1.82) is 0 Å². The van der Waals surface area contributed by atoms with E-state index in [-0.39, 0.29) is 40.9 Å². The van der Waals surface area contributed by atoms with E-state index in [1.807, 2.05) is 18.2 Å². The molecule has 0 aliphatic rings. The van der Waals surface area contributed by atoms with Gasteiger partial charge in [-0.25, -0.2) is 0 Å². The molecule has 0 aromatic heterocycles. The first-order valence-corrected chi connectivity index (χ1v) is 14.8. The predicted octanol–water partition coefficient (Wildman–Crippen LogP) is 4.18. The molecule has 198 valence electrons. The van der Waals surface area contributed by atoms with Crippen LogP contribution in [0.2, 0.25) is 0 Å². The van der Waals surface area contributed by atoms with E-state index < -0.39 is 16.1 Å². The number of rotatable bonds is 18. The van der Waals surface area contributed by atoms with Gasteiger partial charge in [-0.2, -0.15) is 8.42 Å². The van der Waals surface area contributed by atoms with Gasteiger partial charge >= 0.3 is 29.6 Å². The van der Waals surface area contributed by atoms with Gasteiger partial charge in [-0.3, -0.25) is 4.18 Å². The smallest absolute Gasteiger partial charge is 0.550 e. The Morgan fingerprint density at radius 3 is 1.64 bits per heavy atom. The van der Waals surface area contributed by atoms with Gasteiger partial charge in [0.15, 0.2) is 0 Å². The number of carboxylic acids is 1. The molecular formula is C29H45NaO5S. The summed E-state index contributed by atoms with van der Waals surface area (Å²) in [7, 11) is -2.46. The van der Waals surface area contributed by atoms with E-state index in [2.05, 4.69) is 11.1 Å². The Morgan fingerprint density at radius 2 is 1.17 bits per heavy atom. The van der Waals surface area contributed by atoms with E-state index in [0.717, 1.165) is 25.3 Å². The van der Waals surface area contributed by atoms with Gasteiger partial charge in [-0.05, 0) is 24.3 Å². The van der Waals surface area contributed by atoms with Crippen LogP contribution in [0.5, 0.6) is 0 Å². The van der Waals surface area contributed by atoms with E-state index in [1.54, 1.807) is 24.3 Å². The summed E-state index contributed by atoms with van der Waals surface area (Å²) < 4.78 is 27.7. The van der Waals surface area contributed by atoms with Crippen molar-refractivity contribution in [3.05, 3.63) is 42.5 Å². The number of aliphatic carboxylic acids is 1. The maximum atomic E-state index is 11.6. The number of unbranched alkanes of at least 4 members (excludes halogenated alkanes) is 14. The van der Waals surface area contributed by atoms with Crippen LogP contribution in [0.3, 0.4) is 0 Å². The van der Waals surface area contributed by atoms with Crippen molar-refractivity contribution in [2.24, 2.45) is 0 Å². The summed E-state index contributed by atoms with van der Waals surface area (Å²) in [4.78, 5) is 10.4. The fraction of sp³-hybridized carbons (Fsp3) is 0.621. The number of benzene rings is 2. The second kappa shape index (κ2) is 22.1. The minimum absolute atomic E-state index is 0. The normalized spacial score (nSPS) is 10.9. The minimum Gasteiger partial charge on any atom is -0.550 e. The Hall–Kier alpha value is -0.920. The molecular weight excluding hydrogens is 483 g/mol. The summed E-state index contributed by atoms with van der Waals surface area (Å²) in [6, 6.07) is 12.4. The Bertz CT molecular complexity index is 925. The van der Waals surface area contributed by atoms with E-state index >= 15 is 0 Å². The minimum atomic E-state index is -3.62. The molecule has 2 aromatic rings. The molecule has 5 nitrogen and oxygen atoms in total. The molecule has 0 N–H and O–H groups in total. The third kappa shape index (κ3) is 16.0. The van der Waals surface area contributed by atoms with Crippen LogP contribution in [-0.4, -0.2) is 21.5 Å². The van der Waals surface area contributed by atoms with Crippen LogP contribution in [-0.2, 0) is 19.1 Å². The van der Waals surface area contributed by atoms with Crippen molar-refractivity contribution < 1.29 is 52.1 Å². The molecule has 0 spiro atoms. The fourth-order valence-electron chi connectivity index (χ4n) is 4.14. The standard InChI is InChI=1S/C18H36O2.C11H10O3S.Na/c1-2-3-4-5-6-7-8-9-10-11-12-13-14-15-16-17-18(19)20;1-14-15(12,13)11-8-4-6-9-5-2-3-7-10(9)11;/h2-17H2,1H3,(H,19,20);2-8H,1H3;/q;;+1/p-1. The van der Waals surface area contributed by atoms with Gasteiger partial charge in [-0.1, -0.05) is 133 Å². The number of carbonyl (C=O) groups is 1. The van der Waals surface area contributed by atoms with Crippen LogP contribution in [0.25, 0.3) is 10.8 Å². The molecule has 0 heterocycles. The van der Waals surface area contributed by atoms with Gasteiger partial charge in [-0.15, -0.1) is 0 Å². The van der Waals surface area contributed by atoms with Gasteiger partial charge in [0.25, 0.3) is 10.1 Å². The van der Waals surface area contributed by atoms with E-state index in [4.69, 9.17) is 0 Å². The summed E-state index contributed by atoms with van der Waals surface area (Å²) in [6.45, 7) is 2.27. The number of hydrogen-bond donors (Lipinski definition) is 0. The number of fused-ring (bicyclic) bond motifs is 1. The quantitative estimate of drug-likeness (QED) is 0.165. The van der Waals surface area contributed by atoms with Crippen LogP contribution in [0.1, 0.15) is 110 Å². The van der Waals surface area contributed by atoms with Crippen molar-refractivity contribution in [3.63, 3.8) is 0 Å². The zero-order chi connectivity index (χ0) is 25.8. The van der Waals surface area contributed by atoms with E-state index in [1.165, 1.54) is 83.5 Å². The van der Waals surface area contributed by atoms with Crippen LogP contribution >= 0.6 is 0 Å². The first-order chi connectivity index (χ1) is 16.9. The van der Waals surface area contributed by atoms with Crippen molar-refractivity contribution in [3.8, 4) is 0 Å². The van der Waals surface area contributed by atoms with Crippen molar-refractivity contribution in [1.82, 2.24) is 0 Å². The van der Waals surface area contributed by atoms with Gasteiger partial charge in [0.2, 0.25) is 0 Å². The summed E-state index contributed by atoms with van der Waals surface area (Å²) >= 11 is 0. The summed E-state index contributed by atoms with van der Waals surface area (Å²) in [5.41, 5.74) is 0. The van der Waals surface area contributed by atoms with E-state index in [0.29, 0.717) is 5.39 Å². The molecule has 0 saturated carbocycles. The Labute approximate surface area is 241 Å². The molecule has 36 heavy (non-hydrogen) atoms. The van der Waals surface area contributed by atoms with E-state index in [9.17, 15) is 18.3 Å². The SMILES string of the molecule is CCCCCCCCCCCCCCCCCC(=O)[O-].COS(=O)(=O)c1cccc2ccccc12.[Na+]. The van der Waals surface area contributed by atoms with Crippen LogP contribution in [0, 0.1) is 0 Å². The number of carboxylic acid groups (broad SMARTS) is 1. The molecule has 2 aromatic carbocycles. The molecule has 0 fully saturated rings. The molecule has 0 atom stereocenters. The molecule has 2 rings (SSSR count). The van der Waals surface area contributed by atoms with Crippen molar-refractivity contribution in [2.45, 2.75) is 115 Å². The molecule has 0 bridgehead atoms. The third-order valence-corrected chi connectivity index (χ3v) is 7.56. The van der Waals surface area contributed by atoms with Gasteiger partial charge < -0.3 is 9.90 Å². The van der Waals surface area contributed by atoms with Crippen LogP contribution in [0.15, 0.2) is 47.4 Å². The third-order valence-electron chi connectivity index (χ3n) is 6.22. The first kappa shape index (κ1) is 35.1. The molecule has 7 heteroatoms. The average molecular weight is 529 g/mol. The first-order valence-electron chi connectivity index (χ1n) is 13.4. The molecule has 0 unspecified atom stereocenters. The van der Waals surface area contributed by atoms with Crippen molar-refractivity contribution in [2.75, 3.05) is 7.11 Å². The topological polar surface area (TPSA) is 83.5 Å². The number of hydrogen-bond acceptors (Lipinski definition) is 5. The maximum Gasteiger partial charge on any atom is 1.00 e. The molecule has 0 aliphatic heterocycles. The molecule has 0 saturated heterocycles. The van der Waals surface area contributed by atoms with Gasteiger partial charge in [0.05, 0.1) is 7.11 Å². The Morgan fingerprint density at radius 1 is 0.722 bits per heavy atom. The largest absolute Gasteiger partial charge is 1.00 e. The molecule has 0 radical (unpaired) electrons.